The molecule has 0 saturated heterocycles. The van der Waals surface area contributed by atoms with Crippen molar-refractivity contribution in [1.29, 1.82) is 0 Å². The number of carbonyl (C=O) groups excluding carboxylic acids is 1. The maximum atomic E-state index is 13.9. The quantitative estimate of drug-likeness (QED) is 0.527. The Morgan fingerprint density at radius 1 is 1.06 bits per heavy atom. The molecular formula is C25H27FN2O4. The van der Waals surface area contributed by atoms with Gasteiger partial charge in [-0.1, -0.05) is 26.0 Å². The molecule has 32 heavy (non-hydrogen) atoms. The minimum atomic E-state index is -0.604. The van der Waals surface area contributed by atoms with E-state index in [0.29, 0.717) is 25.4 Å². The second-order valence-corrected chi connectivity index (χ2v) is 7.74. The lowest BCUT2D eigenvalue weighted by Gasteiger charge is -2.28. The highest BCUT2D eigenvalue weighted by Crippen LogP contribution is 2.38. The summed E-state index contributed by atoms with van der Waals surface area (Å²) in [5.74, 6) is -0.102. The SMILES string of the molecule is CCOc1ccc(C2c3c(oc4ccc(F)cc4c3=O)C(=O)N2CCN(CC)CC)cc1. The third kappa shape index (κ3) is 3.88. The normalized spacial score (nSPS) is 15.6. The van der Waals surface area contributed by atoms with Crippen LogP contribution >= 0.6 is 0 Å². The number of hydrogen-bond acceptors (Lipinski definition) is 5. The Kier molecular flexibility index (Phi) is 6.28. The van der Waals surface area contributed by atoms with E-state index in [2.05, 4.69) is 18.7 Å². The Balaban J connectivity index is 1.84. The summed E-state index contributed by atoms with van der Waals surface area (Å²) in [6, 6.07) is 10.5. The van der Waals surface area contributed by atoms with Gasteiger partial charge in [-0.05, 0) is 55.9 Å². The average Bonchev–Trinajstić information content (AvgIpc) is 3.08. The minimum absolute atomic E-state index is 0.0348. The third-order valence-corrected chi connectivity index (χ3v) is 5.99. The maximum absolute atomic E-state index is 13.9. The zero-order valence-electron chi connectivity index (χ0n) is 18.6. The van der Waals surface area contributed by atoms with Crippen LogP contribution in [-0.2, 0) is 0 Å². The van der Waals surface area contributed by atoms with Gasteiger partial charge in [-0.3, -0.25) is 9.59 Å². The van der Waals surface area contributed by atoms with E-state index in [1.807, 2.05) is 31.2 Å². The first-order chi connectivity index (χ1) is 15.5. The van der Waals surface area contributed by atoms with Crippen molar-refractivity contribution >= 4 is 16.9 Å². The lowest BCUT2D eigenvalue weighted by molar-refractivity contribution is 0.0708. The highest BCUT2D eigenvalue weighted by atomic mass is 19.1. The molecule has 6 nitrogen and oxygen atoms in total. The molecule has 0 aliphatic carbocycles. The van der Waals surface area contributed by atoms with E-state index in [1.165, 1.54) is 18.2 Å². The fourth-order valence-corrected chi connectivity index (χ4v) is 4.27. The van der Waals surface area contributed by atoms with Crippen LogP contribution in [-0.4, -0.2) is 48.5 Å². The Morgan fingerprint density at radius 2 is 1.78 bits per heavy atom. The van der Waals surface area contributed by atoms with E-state index in [4.69, 9.17) is 9.15 Å². The molecule has 0 radical (unpaired) electrons. The number of rotatable bonds is 8. The Labute approximate surface area is 186 Å². The molecule has 2 aromatic carbocycles. The van der Waals surface area contributed by atoms with Gasteiger partial charge in [-0.25, -0.2) is 4.39 Å². The molecule has 0 fully saturated rings. The van der Waals surface area contributed by atoms with E-state index < -0.39 is 11.9 Å². The molecule has 4 rings (SSSR count). The van der Waals surface area contributed by atoms with E-state index in [1.54, 1.807) is 4.90 Å². The van der Waals surface area contributed by atoms with Gasteiger partial charge in [-0.15, -0.1) is 0 Å². The number of ether oxygens (including phenoxy) is 1. The molecule has 1 atom stereocenters. The van der Waals surface area contributed by atoms with Crippen LogP contribution < -0.4 is 10.2 Å². The summed E-state index contributed by atoms with van der Waals surface area (Å²) >= 11 is 0. The average molecular weight is 438 g/mol. The number of amides is 1. The lowest BCUT2D eigenvalue weighted by atomic mass is 9.98. The van der Waals surface area contributed by atoms with Crippen molar-refractivity contribution in [2.75, 3.05) is 32.8 Å². The molecule has 1 aromatic heterocycles. The summed E-state index contributed by atoms with van der Waals surface area (Å²) in [7, 11) is 0. The molecule has 1 aliphatic heterocycles. The van der Waals surface area contributed by atoms with Crippen molar-refractivity contribution < 1.29 is 18.3 Å². The predicted octanol–water partition coefficient (Wildman–Crippen LogP) is 4.22. The van der Waals surface area contributed by atoms with Crippen molar-refractivity contribution in [2.24, 2.45) is 0 Å². The summed E-state index contributed by atoms with van der Waals surface area (Å²) in [6.45, 7) is 9.42. The second-order valence-electron chi connectivity index (χ2n) is 7.74. The zero-order chi connectivity index (χ0) is 22.8. The standard InChI is InChI=1S/C25H27FN2O4/c1-4-27(5-2)13-14-28-22(16-7-10-18(11-8-16)31-6-3)21-23(29)19-15-17(26)9-12-20(19)32-24(21)25(28)30/h7-12,15,22H,4-6,13-14H2,1-3H3. The van der Waals surface area contributed by atoms with E-state index >= 15 is 0 Å². The van der Waals surface area contributed by atoms with Gasteiger partial charge < -0.3 is 19.0 Å². The fraction of sp³-hybridized carbons (Fsp3) is 0.360. The van der Waals surface area contributed by atoms with E-state index in [9.17, 15) is 14.0 Å². The molecule has 0 saturated carbocycles. The van der Waals surface area contributed by atoms with Crippen LogP contribution in [0.5, 0.6) is 5.75 Å². The van der Waals surface area contributed by atoms with Gasteiger partial charge in [0.25, 0.3) is 5.91 Å². The molecule has 0 N–H and O–H groups in total. The van der Waals surface area contributed by atoms with Gasteiger partial charge in [0.1, 0.15) is 17.1 Å². The van der Waals surface area contributed by atoms with Crippen molar-refractivity contribution in [3.05, 3.63) is 75.4 Å². The largest absolute Gasteiger partial charge is 0.494 e. The van der Waals surface area contributed by atoms with Crippen molar-refractivity contribution in [3.63, 3.8) is 0 Å². The van der Waals surface area contributed by atoms with Gasteiger partial charge in [-0.2, -0.15) is 0 Å². The van der Waals surface area contributed by atoms with Gasteiger partial charge in [0.05, 0.1) is 23.6 Å². The molecule has 1 unspecified atom stereocenters. The first-order valence-electron chi connectivity index (χ1n) is 11.0. The fourth-order valence-electron chi connectivity index (χ4n) is 4.27. The highest BCUT2D eigenvalue weighted by molar-refractivity contribution is 5.99. The number of nitrogens with zero attached hydrogens (tertiary/aromatic N) is 2. The predicted molar refractivity (Wildman–Crippen MR) is 121 cm³/mol. The Morgan fingerprint density at radius 3 is 2.44 bits per heavy atom. The summed E-state index contributed by atoms with van der Waals surface area (Å²) < 4.78 is 25.3. The van der Waals surface area contributed by atoms with Crippen LogP contribution in [0.1, 0.15) is 48.5 Å². The number of likely N-dealkylation sites (N-methyl/N-ethyl adjacent to an activating group) is 1. The van der Waals surface area contributed by atoms with Crippen LogP contribution in [0.2, 0.25) is 0 Å². The zero-order valence-corrected chi connectivity index (χ0v) is 18.6. The molecule has 0 spiro atoms. The smallest absolute Gasteiger partial charge is 0.290 e. The molecule has 0 bridgehead atoms. The van der Waals surface area contributed by atoms with Crippen LogP contribution in [0, 0.1) is 5.82 Å². The van der Waals surface area contributed by atoms with Crippen LogP contribution in [0.25, 0.3) is 11.0 Å². The summed E-state index contributed by atoms with van der Waals surface area (Å²) in [5.41, 5.74) is 0.873. The first kappa shape index (κ1) is 22.0. The van der Waals surface area contributed by atoms with Crippen molar-refractivity contribution in [3.8, 4) is 5.75 Å². The number of halogens is 1. The summed E-state index contributed by atoms with van der Waals surface area (Å²) in [5, 5.41) is 0.137. The number of benzene rings is 2. The highest BCUT2D eigenvalue weighted by Gasteiger charge is 2.42. The van der Waals surface area contributed by atoms with Crippen molar-refractivity contribution in [2.45, 2.75) is 26.8 Å². The molecular weight excluding hydrogens is 411 g/mol. The maximum Gasteiger partial charge on any atom is 0.290 e. The third-order valence-electron chi connectivity index (χ3n) is 5.99. The molecule has 1 amide bonds. The van der Waals surface area contributed by atoms with Gasteiger partial charge >= 0.3 is 0 Å². The van der Waals surface area contributed by atoms with Gasteiger partial charge in [0, 0.05) is 13.1 Å². The van der Waals surface area contributed by atoms with Crippen LogP contribution in [0.15, 0.2) is 51.7 Å². The number of carbonyl (C=O) groups is 1. The number of fused-ring (bicyclic) bond motifs is 2. The molecule has 1 aliphatic rings. The van der Waals surface area contributed by atoms with E-state index in [0.717, 1.165) is 18.7 Å². The molecule has 3 aromatic rings. The molecule has 168 valence electrons. The lowest BCUT2D eigenvalue weighted by Crippen LogP contribution is -2.37. The topological polar surface area (TPSA) is 63.0 Å². The molecule has 2 heterocycles. The summed E-state index contributed by atoms with van der Waals surface area (Å²) in [6.07, 6.45) is 0. The number of hydrogen-bond donors (Lipinski definition) is 0. The van der Waals surface area contributed by atoms with Crippen LogP contribution in [0.3, 0.4) is 0 Å². The first-order valence-corrected chi connectivity index (χ1v) is 11.0. The van der Waals surface area contributed by atoms with Gasteiger partial charge in [0.2, 0.25) is 5.76 Å². The Bertz CT molecular complexity index is 1190. The second kappa shape index (κ2) is 9.12. The monoisotopic (exact) mass is 438 g/mol. The molecule has 7 heteroatoms. The Hall–Kier alpha value is -3.19. The van der Waals surface area contributed by atoms with Crippen LogP contribution in [0.4, 0.5) is 4.39 Å². The minimum Gasteiger partial charge on any atom is -0.494 e. The summed E-state index contributed by atoms with van der Waals surface area (Å²) in [4.78, 5) is 30.7. The van der Waals surface area contributed by atoms with E-state index in [-0.39, 0.29) is 33.6 Å². The van der Waals surface area contributed by atoms with Gasteiger partial charge in [0.15, 0.2) is 5.43 Å². The van der Waals surface area contributed by atoms with Crippen molar-refractivity contribution in [1.82, 2.24) is 9.80 Å².